The molecular formula is C10H19N3O4. The Kier molecular flexibility index (Phi) is 6.01. The molecule has 0 aliphatic heterocycles. The first-order valence-electron chi connectivity index (χ1n) is 5.22. The molecule has 0 radical (unpaired) electrons. The van der Waals surface area contributed by atoms with Crippen LogP contribution in [0.2, 0.25) is 0 Å². The minimum atomic E-state index is -1.07. The normalized spacial score (nSPS) is 11.5. The molecule has 7 heteroatoms. The van der Waals surface area contributed by atoms with Gasteiger partial charge in [0.1, 0.15) is 6.04 Å². The SMILES string of the molecule is CNC(=O)CCN(C)C(=O)N(C)C(C)C(=O)O. The van der Waals surface area contributed by atoms with E-state index in [1.807, 2.05) is 0 Å². The van der Waals surface area contributed by atoms with Crippen LogP contribution >= 0.6 is 0 Å². The van der Waals surface area contributed by atoms with Crippen molar-refractivity contribution in [2.45, 2.75) is 19.4 Å². The van der Waals surface area contributed by atoms with Crippen molar-refractivity contribution in [1.82, 2.24) is 15.1 Å². The van der Waals surface area contributed by atoms with Crippen LogP contribution in [-0.2, 0) is 9.59 Å². The molecule has 0 aromatic carbocycles. The van der Waals surface area contributed by atoms with Crippen molar-refractivity contribution in [2.75, 3.05) is 27.7 Å². The summed E-state index contributed by atoms with van der Waals surface area (Å²) in [6.45, 7) is 1.67. The van der Waals surface area contributed by atoms with Crippen LogP contribution in [0, 0.1) is 0 Å². The first-order valence-corrected chi connectivity index (χ1v) is 5.22. The van der Waals surface area contributed by atoms with E-state index in [4.69, 9.17) is 5.11 Å². The van der Waals surface area contributed by atoms with Crippen molar-refractivity contribution in [2.24, 2.45) is 0 Å². The van der Waals surface area contributed by atoms with Crippen LogP contribution in [0.25, 0.3) is 0 Å². The van der Waals surface area contributed by atoms with Crippen molar-refractivity contribution in [1.29, 1.82) is 0 Å². The molecule has 0 fully saturated rings. The maximum absolute atomic E-state index is 11.7. The second kappa shape index (κ2) is 6.72. The number of aliphatic carboxylic acids is 1. The molecule has 0 saturated carbocycles. The lowest BCUT2D eigenvalue weighted by atomic mass is 10.3. The predicted octanol–water partition coefficient (Wildman–Crippen LogP) is -0.421. The van der Waals surface area contributed by atoms with Crippen molar-refractivity contribution >= 4 is 17.9 Å². The molecule has 1 atom stereocenters. The van der Waals surface area contributed by atoms with Crippen LogP contribution in [0.15, 0.2) is 0 Å². The second-order valence-corrected chi connectivity index (χ2v) is 3.75. The molecule has 0 aromatic heterocycles. The molecule has 0 aromatic rings. The number of likely N-dealkylation sites (N-methyl/N-ethyl adjacent to an activating group) is 1. The van der Waals surface area contributed by atoms with E-state index in [1.165, 1.54) is 33.0 Å². The van der Waals surface area contributed by atoms with Crippen LogP contribution < -0.4 is 5.32 Å². The zero-order chi connectivity index (χ0) is 13.6. The van der Waals surface area contributed by atoms with E-state index >= 15 is 0 Å². The van der Waals surface area contributed by atoms with Crippen LogP contribution in [0.5, 0.6) is 0 Å². The Morgan fingerprint density at radius 1 is 1.29 bits per heavy atom. The highest BCUT2D eigenvalue weighted by molar-refractivity contribution is 5.82. The number of hydrogen-bond acceptors (Lipinski definition) is 3. The van der Waals surface area contributed by atoms with E-state index < -0.39 is 18.0 Å². The van der Waals surface area contributed by atoms with Crippen molar-refractivity contribution < 1.29 is 19.5 Å². The summed E-state index contributed by atoms with van der Waals surface area (Å²) in [7, 11) is 4.45. The number of hydrogen-bond donors (Lipinski definition) is 2. The number of carboxylic acids is 1. The number of carbonyl (C=O) groups excluding carboxylic acids is 2. The van der Waals surface area contributed by atoms with Gasteiger partial charge in [-0.25, -0.2) is 9.59 Å². The second-order valence-electron chi connectivity index (χ2n) is 3.75. The molecule has 0 spiro atoms. The maximum atomic E-state index is 11.7. The Balaban J connectivity index is 4.30. The van der Waals surface area contributed by atoms with Gasteiger partial charge in [-0.2, -0.15) is 0 Å². The summed E-state index contributed by atoms with van der Waals surface area (Å²) in [6.07, 6.45) is 0.189. The summed E-state index contributed by atoms with van der Waals surface area (Å²) in [6, 6.07) is -1.33. The van der Waals surface area contributed by atoms with Crippen molar-refractivity contribution in [3.8, 4) is 0 Å². The molecule has 0 heterocycles. The third-order valence-corrected chi connectivity index (χ3v) is 2.52. The fourth-order valence-corrected chi connectivity index (χ4v) is 1.09. The lowest BCUT2D eigenvalue weighted by Gasteiger charge is -2.27. The van der Waals surface area contributed by atoms with Gasteiger partial charge in [-0.1, -0.05) is 0 Å². The van der Waals surface area contributed by atoms with Crippen LogP contribution in [0.3, 0.4) is 0 Å². The largest absolute Gasteiger partial charge is 0.480 e. The lowest BCUT2D eigenvalue weighted by molar-refractivity contribution is -0.141. The number of nitrogens with zero attached hydrogens (tertiary/aromatic N) is 2. The smallest absolute Gasteiger partial charge is 0.326 e. The molecule has 0 saturated heterocycles. The van der Waals surface area contributed by atoms with E-state index in [-0.39, 0.29) is 18.9 Å². The Labute approximate surface area is 100 Å². The zero-order valence-corrected chi connectivity index (χ0v) is 10.6. The summed E-state index contributed by atoms with van der Waals surface area (Å²) in [5.41, 5.74) is 0. The highest BCUT2D eigenvalue weighted by Gasteiger charge is 2.24. The van der Waals surface area contributed by atoms with E-state index in [9.17, 15) is 14.4 Å². The van der Waals surface area contributed by atoms with Crippen LogP contribution in [0.4, 0.5) is 4.79 Å². The molecule has 2 N–H and O–H groups in total. The molecule has 3 amide bonds. The number of nitrogens with one attached hydrogen (secondary N) is 1. The van der Waals surface area contributed by atoms with Crippen LogP contribution in [-0.4, -0.2) is 66.5 Å². The maximum Gasteiger partial charge on any atom is 0.326 e. The highest BCUT2D eigenvalue weighted by atomic mass is 16.4. The summed E-state index contributed by atoms with van der Waals surface area (Å²) in [5.74, 6) is -1.24. The van der Waals surface area contributed by atoms with E-state index in [2.05, 4.69) is 5.32 Å². The quantitative estimate of drug-likeness (QED) is 0.688. The Morgan fingerprint density at radius 3 is 2.24 bits per heavy atom. The highest BCUT2D eigenvalue weighted by Crippen LogP contribution is 2.01. The summed E-state index contributed by atoms with van der Waals surface area (Å²) >= 11 is 0. The summed E-state index contributed by atoms with van der Waals surface area (Å²) in [5, 5.41) is 11.2. The average molecular weight is 245 g/mol. The van der Waals surface area contributed by atoms with E-state index in [0.29, 0.717) is 0 Å². The molecule has 98 valence electrons. The van der Waals surface area contributed by atoms with E-state index in [1.54, 1.807) is 0 Å². The summed E-state index contributed by atoms with van der Waals surface area (Å²) < 4.78 is 0. The molecule has 0 aliphatic carbocycles. The van der Waals surface area contributed by atoms with Gasteiger partial charge >= 0.3 is 12.0 Å². The van der Waals surface area contributed by atoms with Gasteiger partial charge < -0.3 is 20.2 Å². The van der Waals surface area contributed by atoms with Gasteiger partial charge in [0.25, 0.3) is 0 Å². The Bertz CT molecular complexity index is 306. The van der Waals surface area contributed by atoms with Gasteiger partial charge in [-0.3, -0.25) is 4.79 Å². The molecular weight excluding hydrogens is 226 g/mol. The zero-order valence-electron chi connectivity index (χ0n) is 10.6. The minimum Gasteiger partial charge on any atom is -0.480 e. The number of urea groups is 1. The summed E-state index contributed by atoms with van der Waals surface area (Å²) in [4.78, 5) is 35.9. The third-order valence-electron chi connectivity index (χ3n) is 2.52. The van der Waals surface area contributed by atoms with Gasteiger partial charge in [0.05, 0.1) is 0 Å². The topological polar surface area (TPSA) is 90.0 Å². The van der Waals surface area contributed by atoms with Gasteiger partial charge in [0.2, 0.25) is 5.91 Å². The number of carboxylic acid groups (broad SMARTS) is 1. The van der Waals surface area contributed by atoms with Gasteiger partial charge in [-0.15, -0.1) is 0 Å². The molecule has 17 heavy (non-hydrogen) atoms. The predicted molar refractivity (Wildman–Crippen MR) is 61.6 cm³/mol. The van der Waals surface area contributed by atoms with Gasteiger partial charge in [0, 0.05) is 34.1 Å². The lowest BCUT2D eigenvalue weighted by Crippen LogP contribution is -2.47. The Hall–Kier alpha value is -1.79. The van der Waals surface area contributed by atoms with Crippen LogP contribution in [0.1, 0.15) is 13.3 Å². The molecule has 0 rings (SSSR count). The molecule has 0 bridgehead atoms. The average Bonchev–Trinajstić information content (AvgIpc) is 2.32. The minimum absolute atomic E-state index is 0.168. The fraction of sp³-hybridized carbons (Fsp3) is 0.700. The standard InChI is InChI=1S/C10H19N3O4/c1-7(9(15)16)13(4)10(17)12(3)6-5-8(14)11-2/h7H,5-6H2,1-4H3,(H,11,14)(H,15,16). The molecule has 0 aliphatic rings. The number of amides is 3. The van der Waals surface area contributed by atoms with Gasteiger partial charge in [-0.05, 0) is 6.92 Å². The van der Waals surface area contributed by atoms with Gasteiger partial charge in [0.15, 0.2) is 0 Å². The third kappa shape index (κ3) is 4.71. The first-order chi connectivity index (χ1) is 7.81. The van der Waals surface area contributed by atoms with Crippen molar-refractivity contribution in [3.05, 3.63) is 0 Å². The van der Waals surface area contributed by atoms with E-state index in [0.717, 1.165) is 4.90 Å². The first kappa shape index (κ1) is 15.2. The molecule has 1 unspecified atom stereocenters. The number of rotatable bonds is 5. The van der Waals surface area contributed by atoms with Crippen molar-refractivity contribution in [3.63, 3.8) is 0 Å². The number of carbonyl (C=O) groups is 3. The molecule has 7 nitrogen and oxygen atoms in total. The monoisotopic (exact) mass is 245 g/mol. The fourth-order valence-electron chi connectivity index (χ4n) is 1.09. The Morgan fingerprint density at radius 2 is 1.82 bits per heavy atom.